The number of para-hydroxylation sites is 1. The molecule has 0 radical (unpaired) electrons. The second kappa shape index (κ2) is 8.62. The molecule has 0 spiro atoms. The molecule has 8 heteroatoms. The van der Waals surface area contributed by atoms with Crippen LogP contribution in [0.3, 0.4) is 0 Å². The quantitative estimate of drug-likeness (QED) is 0.545. The summed E-state index contributed by atoms with van der Waals surface area (Å²) in [4.78, 5) is 29.8. The normalized spacial score (nSPS) is 10.6. The van der Waals surface area contributed by atoms with E-state index in [4.69, 9.17) is 0 Å². The number of aromatic nitrogens is 1. The Labute approximate surface area is 165 Å². The van der Waals surface area contributed by atoms with Crippen LogP contribution in [0.4, 0.5) is 25.7 Å². The topological polar surface area (TPSA) is 83.1 Å². The van der Waals surface area contributed by atoms with Gasteiger partial charge in [-0.15, -0.1) is 11.3 Å². The number of urea groups is 1. The molecule has 1 aromatic heterocycles. The molecule has 0 saturated heterocycles. The summed E-state index contributed by atoms with van der Waals surface area (Å²) in [5, 5.41) is 8.28. The lowest BCUT2D eigenvalue weighted by atomic mass is 10.2. The van der Waals surface area contributed by atoms with E-state index in [2.05, 4.69) is 34.8 Å². The first kappa shape index (κ1) is 19.5. The molecule has 0 saturated carbocycles. The molecule has 3 aromatic rings. The number of halogens is 1. The van der Waals surface area contributed by atoms with Crippen LogP contribution in [-0.2, 0) is 0 Å². The number of amides is 3. The van der Waals surface area contributed by atoms with Gasteiger partial charge in [0.25, 0.3) is 5.91 Å². The number of rotatable bonds is 5. The van der Waals surface area contributed by atoms with Gasteiger partial charge in [-0.1, -0.05) is 32.0 Å². The molecule has 1 heterocycles. The van der Waals surface area contributed by atoms with Crippen LogP contribution in [-0.4, -0.2) is 16.9 Å². The highest BCUT2D eigenvalue weighted by molar-refractivity contribution is 7.15. The Morgan fingerprint density at radius 1 is 1.04 bits per heavy atom. The maximum absolute atomic E-state index is 13.6. The van der Waals surface area contributed by atoms with Gasteiger partial charge in [0.05, 0.1) is 5.69 Å². The Morgan fingerprint density at radius 2 is 1.82 bits per heavy atom. The van der Waals surface area contributed by atoms with Crippen molar-refractivity contribution in [3.05, 3.63) is 71.0 Å². The summed E-state index contributed by atoms with van der Waals surface area (Å²) in [6.45, 7) is 4.11. The highest BCUT2D eigenvalue weighted by Gasteiger charge is 2.12. The lowest BCUT2D eigenvalue weighted by Gasteiger charge is -2.09. The van der Waals surface area contributed by atoms with E-state index in [1.165, 1.54) is 35.6 Å². The van der Waals surface area contributed by atoms with Crippen LogP contribution >= 0.6 is 11.3 Å². The summed E-state index contributed by atoms with van der Waals surface area (Å²) in [5.74, 6) is -0.526. The summed E-state index contributed by atoms with van der Waals surface area (Å²) in [7, 11) is 0. The smallest absolute Gasteiger partial charge is 0.308 e. The minimum Gasteiger partial charge on any atom is -0.308 e. The molecule has 0 bridgehead atoms. The summed E-state index contributed by atoms with van der Waals surface area (Å²) in [6.07, 6.45) is 1.75. The van der Waals surface area contributed by atoms with Gasteiger partial charge >= 0.3 is 6.03 Å². The minimum absolute atomic E-state index is 0.0682. The number of hydrogen-bond acceptors (Lipinski definition) is 4. The number of benzene rings is 2. The van der Waals surface area contributed by atoms with Gasteiger partial charge in [0.1, 0.15) is 5.82 Å². The van der Waals surface area contributed by atoms with Crippen LogP contribution < -0.4 is 16.0 Å². The minimum atomic E-state index is -0.607. The van der Waals surface area contributed by atoms with Gasteiger partial charge in [-0.2, -0.15) is 0 Å². The third-order valence-corrected chi connectivity index (χ3v) is 5.03. The molecule has 144 valence electrons. The molecule has 0 aliphatic heterocycles. The van der Waals surface area contributed by atoms with E-state index in [9.17, 15) is 14.0 Å². The fourth-order valence-electron chi connectivity index (χ4n) is 2.37. The number of carbonyl (C=O) groups is 2. The van der Waals surface area contributed by atoms with Gasteiger partial charge in [-0.3, -0.25) is 10.1 Å². The van der Waals surface area contributed by atoms with Crippen LogP contribution in [0, 0.1) is 5.82 Å². The van der Waals surface area contributed by atoms with Gasteiger partial charge in [-0.25, -0.2) is 14.2 Å². The van der Waals surface area contributed by atoms with E-state index in [1.807, 2.05) is 0 Å². The third kappa shape index (κ3) is 4.92. The molecular weight excluding hydrogens is 379 g/mol. The molecule has 0 unspecified atom stereocenters. The Bertz CT molecular complexity index is 1000. The zero-order valence-electron chi connectivity index (χ0n) is 15.3. The molecular formula is C20H19FN4O2S. The van der Waals surface area contributed by atoms with Crippen LogP contribution in [0.15, 0.2) is 54.7 Å². The van der Waals surface area contributed by atoms with Crippen LogP contribution in [0.1, 0.15) is 35.0 Å². The third-order valence-electron chi connectivity index (χ3n) is 3.82. The van der Waals surface area contributed by atoms with E-state index in [-0.39, 0.29) is 11.6 Å². The second-order valence-corrected chi connectivity index (χ2v) is 7.38. The van der Waals surface area contributed by atoms with Crippen molar-refractivity contribution in [1.29, 1.82) is 0 Å². The maximum Gasteiger partial charge on any atom is 0.323 e. The lowest BCUT2D eigenvalue weighted by Crippen LogP contribution is -2.20. The van der Waals surface area contributed by atoms with Gasteiger partial charge in [0.2, 0.25) is 0 Å². The second-order valence-electron chi connectivity index (χ2n) is 6.32. The Morgan fingerprint density at radius 3 is 2.54 bits per heavy atom. The first-order chi connectivity index (χ1) is 13.4. The maximum atomic E-state index is 13.6. The van der Waals surface area contributed by atoms with Gasteiger partial charge in [-0.05, 0) is 36.2 Å². The number of carbonyl (C=O) groups excluding carboxylic acids is 2. The van der Waals surface area contributed by atoms with E-state index >= 15 is 0 Å². The summed E-state index contributed by atoms with van der Waals surface area (Å²) in [6, 6.07) is 11.7. The molecule has 6 nitrogen and oxygen atoms in total. The van der Waals surface area contributed by atoms with Crippen molar-refractivity contribution < 1.29 is 14.0 Å². The molecule has 0 fully saturated rings. The van der Waals surface area contributed by atoms with Crippen LogP contribution in [0.25, 0.3) is 0 Å². The fourth-order valence-corrected chi connectivity index (χ4v) is 3.18. The molecule has 3 rings (SSSR count). The number of thiazole rings is 1. The van der Waals surface area contributed by atoms with Crippen molar-refractivity contribution in [1.82, 2.24) is 4.98 Å². The SMILES string of the molecule is CC(C)c1cnc(NC(=O)c2cccc(NC(=O)Nc3ccccc3F)c2)s1. The predicted octanol–water partition coefficient (Wildman–Crippen LogP) is 5.30. The van der Waals surface area contributed by atoms with Crippen molar-refractivity contribution in [2.45, 2.75) is 19.8 Å². The van der Waals surface area contributed by atoms with Crippen molar-refractivity contribution in [3.63, 3.8) is 0 Å². The largest absolute Gasteiger partial charge is 0.323 e. The van der Waals surface area contributed by atoms with Crippen molar-refractivity contribution in [3.8, 4) is 0 Å². The Balaban J connectivity index is 1.65. The average molecular weight is 398 g/mol. The lowest BCUT2D eigenvalue weighted by molar-refractivity contribution is 0.102. The molecule has 3 amide bonds. The number of nitrogens with one attached hydrogen (secondary N) is 3. The van der Waals surface area contributed by atoms with E-state index in [0.717, 1.165) is 4.88 Å². The first-order valence-electron chi connectivity index (χ1n) is 8.62. The highest BCUT2D eigenvalue weighted by atomic mass is 32.1. The molecule has 28 heavy (non-hydrogen) atoms. The number of anilines is 3. The van der Waals surface area contributed by atoms with Crippen molar-refractivity contribution in [2.75, 3.05) is 16.0 Å². The first-order valence-corrected chi connectivity index (χ1v) is 9.43. The van der Waals surface area contributed by atoms with Crippen LogP contribution in [0.2, 0.25) is 0 Å². The Kier molecular flexibility index (Phi) is 6.00. The summed E-state index contributed by atoms with van der Waals surface area (Å²) >= 11 is 1.42. The van der Waals surface area contributed by atoms with Crippen molar-refractivity contribution in [2.24, 2.45) is 0 Å². The van der Waals surface area contributed by atoms with Gasteiger partial charge in [0, 0.05) is 22.3 Å². The zero-order valence-corrected chi connectivity index (χ0v) is 16.1. The molecule has 3 N–H and O–H groups in total. The number of hydrogen-bond donors (Lipinski definition) is 3. The molecule has 2 aromatic carbocycles. The van der Waals surface area contributed by atoms with Gasteiger partial charge in [0.15, 0.2) is 5.13 Å². The van der Waals surface area contributed by atoms with E-state index in [1.54, 1.807) is 30.5 Å². The van der Waals surface area contributed by atoms with Crippen LogP contribution in [0.5, 0.6) is 0 Å². The number of nitrogens with zero attached hydrogens (tertiary/aromatic N) is 1. The standard InChI is InChI=1S/C20H19FN4O2S/c1-12(2)17-11-22-20(28-17)25-18(26)13-6-5-7-14(10-13)23-19(27)24-16-9-4-3-8-15(16)21/h3-12H,1-2H3,(H,22,25,26)(H2,23,24,27). The zero-order chi connectivity index (χ0) is 20.1. The fraction of sp³-hybridized carbons (Fsp3) is 0.150. The monoisotopic (exact) mass is 398 g/mol. The van der Waals surface area contributed by atoms with Gasteiger partial charge < -0.3 is 10.6 Å². The summed E-state index contributed by atoms with van der Waals surface area (Å²) < 4.78 is 13.6. The molecule has 0 aliphatic rings. The van der Waals surface area contributed by atoms with Crippen molar-refractivity contribution >= 4 is 39.8 Å². The Hall–Kier alpha value is -3.26. The predicted molar refractivity (Wildman–Crippen MR) is 110 cm³/mol. The highest BCUT2D eigenvalue weighted by Crippen LogP contribution is 2.25. The average Bonchev–Trinajstić information content (AvgIpc) is 3.12. The van der Waals surface area contributed by atoms with E-state index < -0.39 is 11.8 Å². The molecule has 0 aliphatic carbocycles. The molecule has 0 atom stereocenters. The summed E-state index contributed by atoms with van der Waals surface area (Å²) in [5.41, 5.74) is 0.840. The van der Waals surface area contributed by atoms with E-state index in [0.29, 0.717) is 22.3 Å².